The molecular formula is C12H23N3O3. The molecule has 0 bridgehead atoms. The van der Waals surface area contributed by atoms with E-state index in [2.05, 4.69) is 5.32 Å². The van der Waals surface area contributed by atoms with Crippen LogP contribution < -0.4 is 11.1 Å². The molecule has 0 spiro atoms. The SMILES string of the molecule is CC(NCCOCC(N)=O)C(=O)N1CCCCC1. The van der Waals surface area contributed by atoms with Gasteiger partial charge in [0.05, 0.1) is 12.6 Å². The van der Waals surface area contributed by atoms with Gasteiger partial charge in [-0.1, -0.05) is 0 Å². The summed E-state index contributed by atoms with van der Waals surface area (Å²) in [6.45, 7) is 4.42. The normalized spacial score (nSPS) is 17.5. The van der Waals surface area contributed by atoms with Crippen molar-refractivity contribution in [3.63, 3.8) is 0 Å². The van der Waals surface area contributed by atoms with Gasteiger partial charge >= 0.3 is 0 Å². The molecule has 0 aromatic rings. The predicted octanol–water partition coefficient (Wildman–Crippen LogP) is -0.521. The second-order valence-electron chi connectivity index (χ2n) is 4.58. The van der Waals surface area contributed by atoms with E-state index in [0.717, 1.165) is 25.9 Å². The van der Waals surface area contributed by atoms with Gasteiger partial charge in [-0.2, -0.15) is 0 Å². The van der Waals surface area contributed by atoms with Gasteiger partial charge in [0.15, 0.2) is 0 Å². The summed E-state index contributed by atoms with van der Waals surface area (Å²) in [5, 5.41) is 3.09. The number of carbonyl (C=O) groups excluding carboxylic acids is 2. The molecule has 1 fully saturated rings. The van der Waals surface area contributed by atoms with Gasteiger partial charge in [0.25, 0.3) is 0 Å². The fourth-order valence-corrected chi connectivity index (χ4v) is 2.00. The van der Waals surface area contributed by atoms with E-state index in [4.69, 9.17) is 10.5 Å². The second kappa shape index (κ2) is 8.05. The highest BCUT2D eigenvalue weighted by Gasteiger charge is 2.21. The van der Waals surface area contributed by atoms with Gasteiger partial charge in [0, 0.05) is 19.6 Å². The maximum Gasteiger partial charge on any atom is 0.243 e. The van der Waals surface area contributed by atoms with Gasteiger partial charge < -0.3 is 20.7 Å². The summed E-state index contributed by atoms with van der Waals surface area (Å²) < 4.78 is 5.01. The summed E-state index contributed by atoms with van der Waals surface area (Å²) >= 11 is 0. The maximum absolute atomic E-state index is 12.0. The predicted molar refractivity (Wildman–Crippen MR) is 67.9 cm³/mol. The van der Waals surface area contributed by atoms with Crippen LogP contribution in [0.15, 0.2) is 0 Å². The third kappa shape index (κ3) is 5.46. The largest absolute Gasteiger partial charge is 0.370 e. The molecule has 0 aromatic heterocycles. The van der Waals surface area contributed by atoms with E-state index in [9.17, 15) is 9.59 Å². The number of likely N-dealkylation sites (tertiary alicyclic amines) is 1. The van der Waals surface area contributed by atoms with Crippen LogP contribution in [0.3, 0.4) is 0 Å². The van der Waals surface area contributed by atoms with E-state index >= 15 is 0 Å². The maximum atomic E-state index is 12.0. The minimum absolute atomic E-state index is 0.0733. The average molecular weight is 257 g/mol. The first kappa shape index (κ1) is 14.9. The molecule has 1 unspecified atom stereocenters. The van der Waals surface area contributed by atoms with Crippen molar-refractivity contribution in [3.05, 3.63) is 0 Å². The Bertz CT molecular complexity index is 278. The van der Waals surface area contributed by atoms with Crippen molar-refractivity contribution in [1.29, 1.82) is 0 Å². The van der Waals surface area contributed by atoms with E-state index in [0.29, 0.717) is 13.2 Å². The fraction of sp³-hybridized carbons (Fsp3) is 0.833. The summed E-state index contributed by atoms with van der Waals surface area (Å²) in [5.41, 5.74) is 4.94. The van der Waals surface area contributed by atoms with Crippen molar-refractivity contribution in [2.75, 3.05) is 32.8 Å². The van der Waals surface area contributed by atoms with Gasteiger partial charge in [0.1, 0.15) is 6.61 Å². The molecule has 0 aromatic carbocycles. The number of hydrogen-bond acceptors (Lipinski definition) is 4. The fourth-order valence-electron chi connectivity index (χ4n) is 2.00. The van der Waals surface area contributed by atoms with Crippen molar-refractivity contribution in [1.82, 2.24) is 10.2 Å². The zero-order valence-electron chi connectivity index (χ0n) is 11.0. The summed E-state index contributed by atoms with van der Waals surface area (Å²) in [4.78, 5) is 24.4. The molecule has 6 heteroatoms. The smallest absolute Gasteiger partial charge is 0.243 e. The number of nitrogens with two attached hydrogens (primary N) is 1. The molecule has 0 aliphatic carbocycles. The van der Waals surface area contributed by atoms with Crippen molar-refractivity contribution < 1.29 is 14.3 Å². The van der Waals surface area contributed by atoms with Crippen LogP contribution in [-0.2, 0) is 14.3 Å². The van der Waals surface area contributed by atoms with Crippen LogP contribution in [0, 0.1) is 0 Å². The summed E-state index contributed by atoms with van der Waals surface area (Å²) in [7, 11) is 0. The highest BCUT2D eigenvalue weighted by molar-refractivity contribution is 5.81. The van der Waals surface area contributed by atoms with Crippen molar-refractivity contribution >= 4 is 11.8 Å². The Morgan fingerprint density at radius 2 is 2.00 bits per heavy atom. The van der Waals surface area contributed by atoms with Crippen LogP contribution in [0.25, 0.3) is 0 Å². The lowest BCUT2D eigenvalue weighted by Gasteiger charge is -2.29. The first-order valence-electron chi connectivity index (χ1n) is 6.49. The Morgan fingerprint density at radius 3 is 2.61 bits per heavy atom. The molecule has 3 N–H and O–H groups in total. The topological polar surface area (TPSA) is 84.7 Å². The molecular weight excluding hydrogens is 234 g/mol. The van der Waals surface area contributed by atoms with Gasteiger partial charge in [0.2, 0.25) is 11.8 Å². The van der Waals surface area contributed by atoms with Crippen LogP contribution in [0.2, 0.25) is 0 Å². The zero-order chi connectivity index (χ0) is 13.4. The van der Waals surface area contributed by atoms with Crippen molar-refractivity contribution in [2.45, 2.75) is 32.2 Å². The molecule has 1 atom stereocenters. The molecule has 0 radical (unpaired) electrons. The van der Waals surface area contributed by atoms with Crippen molar-refractivity contribution in [2.24, 2.45) is 5.73 Å². The lowest BCUT2D eigenvalue weighted by atomic mass is 10.1. The molecule has 1 rings (SSSR count). The quantitative estimate of drug-likeness (QED) is 0.601. The number of primary amides is 1. The molecule has 1 aliphatic heterocycles. The molecule has 104 valence electrons. The third-order valence-electron chi connectivity index (χ3n) is 2.98. The molecule has 6 nitrogen and oxygen atoms in total. The minimum atomic E-state index is -0.479. The molecule has 1 saturated heterocycles. The standard InChI is InChI=1S/C12H23N3O3/c1-10(14-5-8-18-9-11(13)16)12(17)15-6-3-2-4-7-15/h10,14H,2-9H2,1H3,(H2,13,16). The minimum Gasteiger partial charge on any atom is -0.370 e. The molecule has 1 aliphatic rings. The van der Waals surface area contributed by atoms with Gasteiger partial charge in [-0.25, -0.2) is 0 Å². The number of carbonyl (C=O) groups is 2. The zero-order valence-corrected chi connectivity index (χ0v) is 11.0. The lowest BCUT2D eigenvalue weighted by Crippen LogP contribution is -2.47. The summed E-state index contributed by atoms with van der Waals surface area (Å²) in [6.07, 6.45) is 3.41. The Kier molecular flexibility index (Phi) is 6.67. The highest BCUT2D eigenvalue weighted by atomic mass is 16.5. The molecule has 18 heavy (non-hydrogen) atoms. The lowest BCUT2D eigenvalue weighted by molar-refractivity contribution is -0.134. The van der Waals surface area contributed by atoms with Gasteiger partial charge in [-0.15, -0.1) is 0 Å². The summed E-state index contributed by atoms with van der Waals surface area (Å²) in [6, 6.07) is -0.208. The van der Waals surface area contributed by atoms with Crippen molar-refractivity contribution in [3.8, 4) is 0 Å². The Labute approximate surface area is 108 Å². The monoisotopic (exact) mass is 257 g/mol. The van der Waals surface area contributed by atoms with Gasteiger partial charge in [-0.3, -0.25) is 9.59 Å². The number of ether oxygens (including phenoxy) is 1. The number of piperidine rings is 1. The van der Waals surface area contributed by atoms with E-state index in [1.165, 1.54) is 6.42 Å². The molecule has 2 amide bonds. The Hall–Kier alpha value is -1.14. The average Bonchev–Trinajstić information content (AvgIpc) is 2.38. The third-order valence-corrected chi connectivity index (χ3v) is 2.98. The van der Waals surface area contributed by atoms with Crippen LogP contribution in [-0.4, -0.2) is 55.6 Å². The Morgan fingerprint density at radius 1 is 1.33 bits per heavy atom. The van der Waals surface area contributed by atoms with Gasteiger partial charge in [-0.05, 0) is 26.2 Å². The van der Waals surface area contributed by atoms with Crippen LogP contribution in [0.4, 0.5) is 0 Å². The van der Waals surface area contributed by atoms with E-state index in [-0.39, 0.29) is 18.6 Å². The first-order chi connectivity index (χ1) is 8.61. The van der Waals surface area contributed by atoms with E-state index in [1.807, 2.05) is 11.8 Å². The van der Waals surface area contributed by atoms with E-state index in [1.54, 1.807) is 0 Å². The summed E-state index contributed by atoms with van der Waals surface area (Å²) in [5.74, 6) is -0.336. The van der Waals surface area contributed by atoms with Crippen LogP contribution >= 0.6 is 0 Å². The van der Waals surface area contributed by atoms with Crippen LogP contribution in [0.5, 0.6) is 0 Å². The molecule has 1 heterocycles. The van der Waals surface area contributed by atoms with E-state index < -0.39 is 5.91 Å². The number of amides is 2. The van der Waals surface area contributed by atoms with Crippen LogP contribution in [0.1, 0.15) is 26.2 Å². The number of rotatable bonds is 7. The Balaban J connectivity index is 2.13. The number of hydrogen-bond donors (Lipinski definition) is 2. The number of nitrogens with one attached hydrogen (secondary N) is 1. The highest BCUT2D eigenvalue weighted by Crippen LogP contribution is 2.09. The molecule has 0 saturated carbocycles. The second-order valence-corrected chi connectivity index (χ2v) is 4.58. The first-order valence-corrected chi connectivity index (χ1v) is 6.49. The number of nitrogens with zero attached hydrogens (tertiary/aromatic N) is 1.